The Morgan fingerprint density at radius 1 is 1.42 bits per heavy atom. The van der Waals surface area contributed by atoms with Crippen LogP contribution in [0.4, 0.5) is 0 Å². The van der Waals surface area contributed by atoms with Crippen molar-refractivity contribution in [2.45, 2.75) is 13.8 Å². The van der Waals surface area contributed by atoms with Crippen LogP contribution in [0.25, 0.3) is 0 Å². The fourth-order valence-electron chi connectivity index (χ4n) is 0.490. The van der Waals surface area contributed by atoms with E-state index in [9.17, 15) is 9.59 Å². The Bertz CT molecular complexity index is 220. The molecule has 0 saturated heterocycles. The number of carboxylic acids is 1. The zero-order valence-electron chi connectivity index (χ0n) is 7.50. The van der Waals surface area contributed by atoms with Gasteiger partial charge in [-0.05, 0) is 6.92 Å². The lowest BCUT2D eigenvalue weighted by atomic mass is 10.3. The van der Waals surface area contributed by atoms with Gasteiger partial charge >= 0.3 is 5.97 Å². The molecule has 0 bridgehead atoms. The summed E-state index contributed by atoms with van der Waals surface area (Å²) in [7, 11) is 1.62. The molecule has 0 unspecified atom stereocenters. The van der Waals surface area contributed by atoms with Gasteiger partial charge in [0.15, 0.2) is 0 Å². The Kier molecular flexibility index (Phi) is 4.04. The first-order valence-electron chi connectivity index (χ1n) is 3.57. The summed E-state index contributed by atoms with van der Waals surface area (Å²) in [6, 6.07) is 0. The van der Waals surface area contributed by atoms with Crippen LogP contribution in [0.3, 0.4) is 0 Å². The van der Waals surface area contributed by atoms with Crippen molar-refractivity contribution in [2.75, 3.05) is 13.6 Å². The molecule has 0 saturated carbocycles. The van der Waals surface area contributed by atoms with Gasteiger partial charge in [0.2, 0.25) is 5.91 Å². The number of aliphatic carboxylic acids is 1. The zero-order chi connectivity index (χ0) is 9.72. The number of likely N-dealkylation sites (N-methyl/N-ethyl adjacent to an activating group) is 1. The van der Waals surface area contributed by atoms with Gasteiger partial charge in [-0.25, -0.2) is 4.79 Å². The van der Waals surface area contributed by atoms with Crippen molar-refractivity contribution in [3.63, 3.8) is 0 Å². The molecule has 0 aromatic rings. The molecule has 0 aliphatic rings. The lowest BCUT2D eigenvalue weighted by Crippen LogP contribution is -2.24. The van der Waals surface area contributed by atoms with Gasteiger partial charge in [0.1, 0.15) is 0 Å². The van der Waals surface area contributed by atoms with E-state index in [-0.39, 0.29) is 11.5 Å². The first kappa shape index (κ1) is 10.7. The van der Waals surface area contributed by atoms with Crippen LogP contribution in [0.15, 0.2) is 11.6 Å². The quantitative estimate of drug-likeness (QED) is 0.629. The lowest BCUT2D eigenvalue weighted by Gasteiger charge is -2.11. The fourth-order valence-corrected chi connectivity index (χ4v) is 0.490. The molecule has 0 aliphatic heterocycles. The summed E-state index contributed by atoms with van der Waals surface area (Å²) >= 11 is 0. The molecule has 0 rings (SSSR count). The Labute approximate surface area is 71.5 Å². The van der Waals surface area contributed by atoms with E-state index in [2.05, 4.69) is 0 Å². The molecule has 0 radical (unpaired) electrons. The van der Waals surface area contributed by atoms with Crippen LogP contribution in [0, 0.1) is 0 Å². The maximum absolute atomic E-state index is 10.7. The normalized spacial score (nSPS) is 11.1. The second-order valence-corrected chi connectivity index (χ2v) is 2.59. The third-order valence-corrected chi connectivity index (χ3v) is 1.55. The van der Waals surface area contributed by atoms with Crippen LogP contribution in [-0.2, 0) is 9.59 Å². The Hall–Kier alpha value is -1.32. The average Bonchev–Trinajstić information content (AvgIpc) is 1.98. The molecular weight excluding hydrogens is 158 g/mol. The van der Waals surface area contributed by atoms with Crippen molar-refractivity contribution < 1.29 is 14.7 Å². The molecule has 0 aliphatic carbocycles. The van der Waals surface area contributed by atoms with Gasteiger partial charge in [0, 0.05) is 26.1 Å². The number of hydrogen-bond acceptors (Lipinski definition) is 2. The monoisotopic (exact) mass is 171 g/mol. The second kappa shape index (κ2) is 4.54. The molecule has 0 atom stereocenters. The van der Waals surface area contributed by atoms with E-state index in [1.807, 2.05) is 0 Å². The maximum atomic E-state index is 10.7. The Morgan fingerprint density at radius 2 is 1.92 bits per heavy atom. The number of nitrogens with zero attached hydrogens (tertiary/aromatic N) is 1. The van der Waals surface area contributed by atoms with Gasteiger partial charge < -0.3 is 10.0 Å². The molecule has 68 valence electrons. The van der Waals surface area contributed by atoms with E-state index in [1.54, 1.807) is 7.05 Å². The molecule has 4 heteroatoms. The van der Waals surface area contributed by atoms with Crippen molar-refractivity contribution >= 4 is 11.9 Å². The number of hydrogen-bond donors (Lipinski definition) is 1. The average molecular weight is 171 g/mol. The largest absolute Gasteiger partial charge is 0.478 e. The van der Waals surface area contributed by atoms with E-state index >= 15 is 0 Å². The summed E-state index contributed by atoms with van der Waals surface area (Å²) in [6.07, 6.45) is 1.50. The molecule has 0 spiro atoms. The highest BCUT2D eigenvalue weighted by molar-refractivity contribution is 5.85. The van der Waals surface area contributed by atoms with Gasteiger partial charge in [-0.1, -0.05) is 6.08 Å². The van der Waals surface area contributed by atoms with Gasteiger partial charge in [-0.15, -0.1) is 0 Å². The highest BCUT2D eigenvalue weighted by Crippen LogP contribution is 1.93. The van der Waals surface area contributed by atoms with Crippen molar-refractivity contribution in [2.24, 2.45) is 0 Å². The molecular formula is C8H13NO3. The van der Waals surface area contributed by atoms with Crippen molar-refractivity contribution in [1.29, 1.82) is 0 Å². The Balaban J connectivity index is 4.04. The molecule has 4 nitrogen and oxygen atoms in total. The van der Waals surface area contributed by atoms with Crippen molar-refractivity contribution in [3.8, 4) is 0 Å². The molecule has 1 amide bonds. The van der Waals surface area contributed by atoms with Crippen LogP contribution < -0.4 is 0 Å². The topological polar surface area (TPSA) is 57.6 Å². The van der Waals surface area contributed by atoms with Gasteiger partial charge in [0.25, 0.3) is 0 Å². The predicted octanol–water partition coefficient (Wildman–Crippen LogP) is 0.496. The summed E-state index contributed by atoms with van der Waals surface area (Å²) in [6.45, 7) is 3.27. The first-order valence-corrected chi connectivity index (χ1v) is 3.57. The molecule has 12 heavy (non-hydrogen) atoms. The van der Waals surface area contributed by atoms with Crippen LogP contribution in [0.2, 0.25) is 0 Å². The van der Waals surface area contributed by atoms with Crippen molar-refractivity contribution in [1.82, 2.24) is 4.90 Å². The summed E-state index contributed by atoms with van der Waals surface area (Å²) in [5.41, 5.74) is 0.253. The summed E-state index contributed by atoms with van der Waals surface area (Å²) < 4.78 is 0. The van der Waals surface area contributed by atoms with Crippen molar-refractivity contribution in [3.05, 3.63) is 11.6 Å². The maximum Gasteiger partial charge on any atom is 0.331 e. The van der Waals surface area contributed by atoms with Gasteiger partial charge in [0.05, 0.1) is 0 Å². The summed E-state index contributed by atoms with van der Waals surface area (Å²) in [5.74, 6) is -1.03. The Morgan fingerprint density at radius 3 is 2.25 bits per heavy atom. The van der Waals surface area contributed by atoms with E-state index in [1.165, 1.54) is 24.8 Å². The van der Waals surface area contributed by atoms with Crippen LogP contribution in [0.1, 0.15) is 13.8 Å². The van der Waals surface area contributed by atoms with Crippen LogP contribution in [-0.4, -0.2) is 35.5 Å². The van der Waals surface area contributed by atoms with E-state index in [4.69, 9.17) is 5.11 Å². The molecule has 0 aromatic heterocycles. The summed E-state index contributed by atoms with van der Waals surface area (Å²) in [5, 5.41) is 8.46. The minimum absolute atomic E-state index is 0.0792. The molecule has 0 fully saturated rings. The highest BCUT2D eigenvalue weighted by Gasteiger charge is 2.02. The standard InChI is InChI=1S/C8H13NO3/c1-6(8(11)12)4-5-9(3)7(2)10/h4H,5H2,1-3H3,(H,11,12)/b6-4+. The summed E-state index contributed by atoms with van der Waals surface area (Å²) in [4.78, 5) is 22.4. The highest BCUT2D eigenvalue weighted by atomic mass is 16.4. The van der Waals surface area contributed by atoms with Gasteiger partial charge in [-0.2, -0.15) is 0 Å². The predicted molar refractivity (Wildman–Crippen MR) is 44.7 cm³/mol. The first-order chi connectivity index (χ1) is 5.45. The lowest BCUT2D eigenvalue weighted by molar-refractivity contribution is -0.132. The number of amides is 1. The van der Waals surface area contributed by atoms with Crippen LogP contribution >= 0.6 is 0 Å². The fraction of sp³-hybridized carbons (Fsp3) is 0.500. The van der Waals surface area contributed by atoms with E-state index in [0.717, 1.165) is 0 Å². The molecule has 0 heterocycles. The minimum atomic E-state index is -0.952. The molecule has 0 aromatic carbocycles. The third kappa shape index (κ3) is 3.75. The minimum Gasteiger partial charge on any atom is -0.478 e. The smallest absolute Gasteiger partial charge is 0.331 e. The number of carbonyl (C=O) groups excluding carboxylic acids is 1. The molecule has 1 N–H and O–H groups in total. The number of carboxylic acid groups (broad SMARTS) is 1. The second-order valence-electron chi connectivity index (χ2n) is 2.59. The SMILES string of the molecule is CC(=O)N(C)C/C=C(\C)C(=O)O. The zero-order valence-corrected chi connectivity index (χ0v) is 7.50. The third-order valence-electron chi connectivity index (χ3n) is 1.55. The van der Waals surface area contributed by atoms with E-state index < -0.39 is 5.97 Å². The van der Waals surface area contributed by atoms with Crippen LogP contribution in [0.5, 0.6) is 0 Å². The number of rotatable bonds is 3. The number of carbonyl (C=O) groups is 2. The van der Waals surface area contributed by atoms with Gasteiger partial charge in [-0.3, -0.25) is 4.79 Å². The van der Waals surface area contributed by atoms with E-state index in [0.29, 0.717) is 6.54 Å².